The Morgan fingerprint density at radius 1 is 0.773 bits per heavy atom. The lowest BCUT2D eigenvalue weighted by atomic mass is 9.91. The van der Waals surface area contributed by atoms with Gasteiger partial charge in [-0.15, -0.1) is 0 Å². The summed E-state index contributed by atoms with van der Waals surface area (Å²) in [6.07, 6.45) is 0.625. The Kier molecular flexibility index (Phi) is 4.39. The van der Waals surface area contributed by atoms with Crippen LogP contribution in [0.5, 0.6) is 0 Å². The Balaban J connectivity index is 1.71. The maximum atomic E-state index is 11.9. The molecule has 0 unspecified atom stereocenters. The fourth-order valence-electron chi connectivity index (χ4n) is 2.91. The van der Waals surface area contributed by atoms with Crippen molar-refractivity contribution in [1.82, 2.24) is 10.6 Å². The number of hydrogen-bond donors (Lipinski definition) is 3. The molecular weight excluding hydrogens is 276 g/mol. The summed E-state index contributed by atoms with van der Waals surface area (Å²) in [4.78, 5) is 11.9. The zero-order valence-electron chi connectivity index (χ0n) is 12.3. The highest BCUT2D eigenvalue weighted by molar-refractivity contribution is 5.76. The van der Waals surface area contributed by atoms with Crippen LogP contribution < -0.4 is 10.6 Å². The number of aliphatic hydroxyl groups is 1. The molecule has 3 rings (SSSR count). The van der Waals surface area contributed by atoms with Gasteiger partial charge in [0, 0.05) is 0 Å². The molecule has 0 aromatic heterocycles. The molecule has 2 aromatic rings. The van der Waals surface area contributed by atoms with Crippen molar-refractivity contribution in [3.63, 3.8) is 0 Å². The predicted octanol–water partition coefficient (Wildman–Crippen LogP) is 1.88. The molecule has 1 saturated heterocycles. The first kappa shape index (κ1) is 14.6. The molecule has 0 spiro atoms. The summed E-state index contributed by atoms with van der Waals surface area (Å²) >= 11 is 0. The lowest BCUT2D eigenvalue weighted by molar-refractivity contribution is 0.0745. The maximum Gasteiger partial charge on any atom is 0.315 e. The van der Waals surface area contributed by atoms with E-state index in [9.17, 15) is 9.90 Å². The summed E-state index contributed by atoms with van der Waals surface area (Å²) in [5, 5.41) is 16.3. The van der Waals surface area contributed by atoms with Gasteiger partial charge in [-0.3, -0.25) is 0 Å². The van der Waals surface area contributed by atoms with Gasteiger partial charge in [0.15, 0.2) is 0 Å². The molecule has 0 saturated carbocycles. The monoisotopic (exact) mass is 296 g/mol. The van der Waals surface area contributed by atoms with Gasteiger partial charge in [-0.25, -0.2) is 4.79 Å². The molecule has 2 atom stereocenters. The normalized spacial score (nSPS) is 22.0. The minimum Gasteiger partial charge on any atom is -0.389 e. The molecule has 2 aromatic carbocycles. The van der Waals surface area contributed by atoms with Gasteiger partial charge in [-0.1, -0.05) is 60.7 Å². The highest BCUT2D eigenvalue weighted by Crippen LogP contribution is 2.15. The van der Waals surface area contributed by atoms with E-state index < -0.39 is 6.10 Å². The van der Waals surface area contributed by atoms with E-state index in [1.807, 2.05) is 60.7 Å². The molecule has 1 fully saturated rings. The average Bonchev–Trinajstić information content (AvgIpc) is 2.54. The molecule has 22 heavy (non-hydrogen) atoms. The highest BCUT2D eigenvalue weighted by Gasteiger charge is 2.34. The van der Waals surface area contributed by atoms with Crippen molar-refractivity contribution in [3.8, 4) is 0 Å². The van der Waals surface area contributed by atoms with Gasteiger partial charge < -0.3 is 15.7 Å². The molecular formula is C18H20N2O2. The number of amides is 2. The Bertz CT molecular complexity index is 562. The molecule has 4 nitrogen and oxygen atoms in total. The van der Waals surface area contributed by atoms with Crippen LogP contribution in [0.25, 0.3) is 0 Å². The quantitative estimate of drug-likeness (QED) is 0.807. The molecule has 114 valence electrons. The first-order chi connectivity index (χ1) is 10.7. The average molecular weight is 296 g/mol. The van der Waals surface area contributed by atoms with E-state index in [1.165, 1.54) is 0 Å². The zero-order valence-corrected chi connectivity index (χ0v) is 12.3. The van der Waals surface area contributed by atoms with Crippen molar-refractivity contribution < 1.29 is 9.90 Å². The van der Waals surface area contributed by atoms with E-state index in [0.717, 1.165) is 11.1 Å². The molecule has 0 aliphatic carbocycles. The molecule has 4 heteroatoms. The summed E-state index contributed by atoms with van der Waals surface area (Å²) < 4.78 is 0. The second-order valence-electron chi connectivity index (χ2n) is 5.70. The number of rotatable bonds is 4. The zero-order chi connectivity index (χ0) is 15.4. The lowest BCUT2D eigenvalue weighted by Crippen LogP contribution is -2.64. The van der Waals surface area contributed by atoms with E-state index in [4.69, 9.17) is 0 Å². The minimum atomic E-state index is -0.627. The van der Waals surface area contributed by atoms with Gasteiger partial charge in [-0.05, 0) is 24.0 Å². The summed E-state index contributed by atoms with van der Waals surface area (Å²) in [5.41, 5.74) is 2.21. The van der Waals surface area contributed by atoms with Crippen molar-refractivity contribution in [1.29, 1.82) is 0 Å². The van der Waals surface area contributed by atoms with E-state index >= 15 is 0 Å². The van der Waals surface area contributed by atoms with Crippen LogP contribution in [0.2, 0.25) is 0 Å². The van der Waals surface area contributed by atoms with Gasteiger partial charge >= 0.3 is 6.03 Å². The second kappa shape index (κ2) is 6.62. The summed E-state index contributed by atoms with van der Waals surface area (Å²) in [6, 6.07) is 19.0. The molecule has 1 heterocycles. The van der Waals surface area contributed by atoms with Crippen molar-refractivity contribution in [2.75, 3.05) is 0 Å². The summed E-state index contributed by atoms with van der Waals surface area (Å²) in [5.74, 6) is 0. The van der Waals surface area contributed by atoms with Crippen molar-refractivity contribution >= 4 is 6.03 Å². The summed E-state index contributed by atoms with van der Waals surface area (Å²) in [6.45, 7) is 0. The second-order valence-corrected chi connectivity index (χ2v) is 5.70. The van der Waals surface area contributed by atoms with Gasteiger partial charge in [0.1, 0.15) is 0 Å². The Labute approximate surface area is 130 Å². The molecule has 3 N–H and O–H groups in total. The van der Waals surface area contributed by atoms with Crippen LogP contribution in [0.1, 0.15) is 11.1 Å². The van der Waals surface area contributed by atoms with E-state index in [0.29, 0.717) is 12.8 Å². The molecule has 1 aliphatic heterocycles. The fraction of sp³-hybridized carbons (Fsp3) is 0.278. The van der Waals surface area contributed by atoms with E-state index in [2.05, 4.69) is 10.6 Å². The first-order valence-corrected chi connectivity index (χ1v) is 7.55. The van der Waals surface area contributed by atoms with Crippen LogP contribution in [0.3, 0.4) is 0 Å². The van der Waals surface area contributed by atoms with Gasteiger partial charge in [0.2, 0.25) is 0 Å². The Morgan fingerprint density at radius 3 is 1.59 bits per heavy atom. The van der Waals surface area contributed by atoms with Gasteiger partial charge in [0.05, 0.1) is 18.2 Å². The highest BCUT2D eigenvalue weighted by atomic mass is 16.3. The Morgan fingerprint density at radius 2 is 1.18 bits per heavy atom. The standard InChI is InChI=1S/C18H20N2O2/c21-17-15(11-13-7-3-1-4-8-13)19-18(22)20-16(17)12-14-9-5-2-6-10-14/h1-10,15-17,21H,11-12H2,(H2,19,20,22)/t15-,16-/m1/s1. The lowest BCUT2D eigenvalue weighted by Gasteiger charge is -2.36. The number of aliphatic hydroxyl groups excluding tert-OH is 1. The third-order valence-electron chi connectivity index (χ3n) is 4.05. The van der Waals surface area contributed by atoms with Gasteiger partial charge in [-0.2, -0.15) is 0 Å². The Hall–Kier alpha value is -2.33. The van der Waals surface area contributed by atoms with Crippen LogP contribution in [0.15, 0.2) is 60.7 Å². The maximum absolute atomic E-state index is 11.9. The topological polar surface area (TPSA) is 61.4 Å². The number of carbonyl (C=O) groups is 1. The number of nitrogens with one attached hydrogen (secondary N) is 2. The van der Waals surface area contributed by atoms with E-state index in [-0.39, 0.29) is 18.1 Å². The van der Waals surface area contributed by atoms with Gasteiger partial charge in [0.25, 0.3) is 0 Å². The third-order valence-corrected chi connectivity index (χ3v) is 4.05. The number of urea groups is 1. The smallest absolute Gasteiger partial charge is 0.315 e. The first-order valence-electron chi connectivity index (χ1n) is 7.55. The van der Waals surface area contributed by atoms with E-state index in [1.54, 1.807) is 0 Å². The van der Waals surface area contributed by atoms with Crippen LogP contribution in [-0.2, 0) is 12.8 Å². The van der Waals surface area contributed by atoms with Crippen molar-refractivity contribution in [2.45, 2.75) is 31.0 Å². The number of benzene rings is 2. The van der Waals surface area contributed by atoms with Crippen LogP contribution >= 0.6 is 0 Å². The predicted molar refractivity (Wildman–Crippen MR) is 85.5 cm³/mol. The van der Waals surface area contributed by atoms with Crippen molar-refractivity contribution in [3.05, 3.63) is 71.8 Å². The van der Waals surface area contributed by atoms with Crippen molar-refractivity contribution in [2.24, 2.45) is 0 Å². The number of carbonyl (C=O) groups excluding carboxylic acids is 1. The minimum absolute atomic E-state index is 0.216. The van der Waals surface area contributed by atoms with Crippen LogP contribution in [0.4, 0.5) is 4.79 Å². The third kappa shape index (κ3) is 3.46. The largest absolute Gasteiger partial charge is 0.389 e. The molecule has 2 amide bonds. The van der Waals surface area contributed by atoms with Crippen LogP contribution in [0, 0.1) is 0 Å². The van der Waals surface area contributed by atoms with Crippen LogP contribution in [-0.4, -0.2) is 29.3 Å². The molecule has 0 radical (unpaired) electrons. The summed E-state index contributed by atoms with van der Waals surface area (Å²) in [7, 11) is 0. The molecule has 1 aliphatic rings. The number of hydrogen-bond acceptors (Lipinski definition) is 2. The SMILES string of the molecule is O=C1N[C@H](Cc2ccccc2)C(O)[C@@H](Cc2ccccc2)N1. The molecule has 0 bridgehead atoms. The fourth-order valence-corrected chi connectivity index (χ4v) is 2.91.